The molecule has 0 unspecified atom stereocenters. The van der Waals surface area contributed by atoms with E-state index in [9.17, 15) is 14.0 Å². The van der Waals surface area contributed by atoms with E-state index in [4.69, 9.17) is 9.47 Å². The highest BCUT2D eigenvalue weighted by Crippen LogP contribution is 2.25. The molecule has 132 valence electrons. The number of hydrogen-bond acceptors (Lipinski definition) is 4. The highest BCUT2D eigenvalue weighted by Gasteiger charge is 2.08. The monoisotopic (exact) mass is 346 g/mol. The van der Waals surface area contributed by atoms with E-state index < -0.39 is 11.7 Å². The van der Waals surface area contributed by atoms with Crippen molar-refractivity contribution in [2.75, 3.05) is 26.8 Å². The maximum atomic E-state index is 12.8. The number of methoxy groups -OCH3 is 1. The number of halogens is 1. The molecule has 0 saturated heterocycles. The van der Waals surface area contributed by atoms with Crippen LogP contribution in [0.4, 0.5) is 4.39 Å². The van der Waals surface area contributed by atoms with Gasteiger partial charge in [0.15, 0.2) is 11.5 Å². The zero-order chi connectivity index (χ0) is 18.1. The molecule has 0 aromatic heterocycles. The van der Waals surface area contributed by atoms with Crippen LogP contribution in [0.2, 0.25) is 0 Å². The van der Waals surface area contributed by atoms with E-state index in [1.807, 2.05) is 12.1 Å². The van der Waals surface area contributed by atoms with Crippen molar-refractivity contribution in [2.45, 2.75) is 0 Å². The Bertz CT molecular complexity index is 719. The molecule has 25 heavy (non-hydrogen) atoms. The third-order valence-corrected chi connectivity index (χ3v) is 3.27. The normalized spacial score (nSPS) is 10.0. The second kappa shape index (κ2) is 9.27. The highest BCUT2D eigenvalue weighted by molar-refractivity contribution is 5.96. The van der Waals surface area contributed by atoms with Crippen LogP contribution >= 0.6 is 0 Å². The lowest BCUT2D eigenvalue weighted by Crippen LogP contribution is -2.38. The molecule has 2 rings (SSSR count). The first-order valence-corrected chi connectivity index (χ1v) is 7.66. The van der Waals surface area contributed by atoms with Crippen molar-refractivity contribution in [1.29, 1.82) is 0 Å². The van der Waals surface area contributed by atoms with Crippen molar-refractivity contribution in [1.82, 2.24) is 10.6 Å². The van der Waals surface area contributed by atoms with Gasteiger partial charge in [0, 0.05) is 5.56 Å². The summed E-state index contributed by atoms with van der Waals surface area (Å²) in [6.45, 7) is 0.367. The van der Waals surface area contributed by atoms with Crippen molar-refractivity contribution >= 4 is 11.8 Å². The molecule has 0 aliphatic carbocycles. The fourth-order valence-electron chi connectivity index (χ4n) is 2.02. The van der Waals surface area contributed by atoms with Gasteiger partial charge >= 0.3 is 0 Å². The topological polar surface area (TPSA) is 76.7 Å². The van der Waals surface area contributed by atoms with Gasteiger partial charge in [-0.25, -0.2) is 4.39 Å². The molecular formula is C18H19FN2O4. The van der Waals surface area contributed by atoms with Crippen LogP contribution in [0.3, 0.4) is 0 Å². The van der Waals surface area contributed by atoms with Crippen LogP contribution in [-0.4, -0.2) is 38.6 Å². The number of carbonyl (C=O) groups is 2. The van der Waals surface area contributed by atoms with E-state index in [-0.39, 0.29) is 31.2 Å². The van der Waals surface area contributed by atoms with Crippen molar-refractivity contribution in [3.05, 3.63) is 59.9 Å². The van der Waals surface area contributed by atoms with Crippen molar-refractivity contribution < 1.29 is 23.5 Å². The van der Waals surface area contributed by atoms with Crippen LogP contribution in [0.15, 0.2) is 48.5 Å². The van der Waals surface area contributed by atoms with Crippen LogP contribution in [-0.2, 0) is 4.79 Å². The third-order valence-electron chi connectivity index (χ3n) is 3.27. The van der Waals surface area contributed by atoms with Crippen molar-refractivity contribution in [3.63, 3.8) is 0 Å². The largest absolute Gasteiger partial charge is 0.493 e. The Morgan fingerprint density at radius 3 is 2.36 bits per heavy atom. The number of carbonyl (C=O) groups excluding carboxylic acids is 2. The summed E-state index contributed by atoms with van der Waals surface area (Å²) in [7, 11) is 1.55. The van der Waals surface area contributed by atoms with Crippen molar-refractivity contribution in [3.8, 4) is 11.5 Å². The first-order valence-electron chi connectivity index (χ1n) is 7.66. The third kappa shape index (κ3) is 5.80. The zero-order valence-corrected chi connectivity index (χ0v) is 13.8. The second-order valence-corrected chi connectivity index (χ2v) is 5.04. The number of amides is 2. The average molecular weight is 346 g/mol. The zero-order valence-electron chi connectivity index (χ0n) is 13.8. The summed E-state index contributed by atoms with van der Waals surface area (Å²) in [5, 5.41) is 5.09. The molecule has 2 aromatic carbocycles. The van der Waals surface area contributed by atoms with Crippen molar-refractivity contribution in [2.24, 2.45) is 0 Å². The molecule has 0 heterocycles. The minimum atomic E-state index is -0.444. The lowest BCUT2D eigenvalue weighted by atomic mass is 10.2. The van der Waals surface area contributed by atoms with E-state index in [1.165, 1.54) is 24.3 Å². The van der Waals surface area contributed by atoms with E-state index >= 15 is 0 Å². The summed E-state index contributed by atoms with van der Waals surface area (Å²) in [5.41, 5.74) is 0.286. The molecule has 2 N–H and O–H groups in total. The van der Waals surface area contributed by atoms with E-state index in [1.54, 1.807) is 19.2 Å². The number of benzene rings is 2. The Balaban J connectivity index is 1.67. The molecule has 0 aliphatic rings. The number of nitrogens with one attached hydrogen (secondary N) is 2. The number of para-hydroxylation sites is 2. The molecular weight excluding hydrogens is 327 g/mol. The molecule has 7 heteroatoms. The molecule has 6 nitrogen and oxygen atoms in total. The lowest BCUT2D eigenvalue weighted by molar-refractivity contribution is -0.120. The molecule has 0 fully saturated rings. The van der Waals surface area contributed by atoms with Gasteiger partial charge in [-0.2, -0.15) is 0 Å². The first-order chi connectivity index (χ1) is 12.1. The molecule has 2 aromatic rings. The summed E-state index contributed by atoms with van der Waals surface area (Å²) in [6.07, 6.45) is 0. The molecule has 0 atom stereocenters. The highest BCUT2D eigenvalue weighted by atomic mass is 19.1. The summed E-state index contributed by atoms with van der Waals surface area (Å²) in [5.74, 6) is -0.0203. The van der Waals surface area contributed by atoms with Gasteiger partial charge < -0.3 is 20.1 Å². The summed E-state index contributed by atoms with van der Waals surface area (Å²) < 4.78 is 23.5. The Morgan fingerprint density at radius 2 is 1.68 bits per heavy atom. The Morgan fingerprint density at radius 1 is 1.00 bits per heavy atom. The van der Waals surface area contributed by atoms with Gasteiger partial charge in [0.05, 0.1) is 20.2 Å². The predicted octanol–water partition coefficient (Wildman–Crippen LogP) is 1.76. The van der Waals surface area contributed by atoms with Gasteiger partial charge in [-0.15, -0.1) is 0 Å². The average Bonchev–Trinajstić information content (AvgIpc) is 2.64. The quantitative estimate of drug-likeness (QED) is 0.714. The minimum absolute atomic E-state index is 0.176. The number of hydrogen-bond donors (Lipinski definition) is 2. The number of ether oxygens (including phenoxy) is 2. The van der Waals surface area contributed by atoms with Gasteiger partial charge in [0.2, 0.25) is 5.91 Å². The maximum absolute atomic E-state index is 12.8. The second-order valence-electron chi connectivity index (χ2n) is 5.04. The van der Waals surface area contributed by atoms with Crippen LogP contribution in [0.5, 0.6) is 11.5 Å². The maximum Gasteiger partial charge on any atom is 0.251 e. The molecule has 2 amide bonds. The molecule has 0 bridgehead atoms. The summed E-state index contributed by atoms with van der Waals surface area (Å²) >= 11 is 0. The van der Waals surface area contributed by atoms with Gasteiger partial charge in [-0.1, -0.05) is 12.1 Å². The van der Waals surface area contributed by atoms with Gasteiger partial charge in [0.25, 0.3) is 5.91 Å². The minimum Gasteiger partial charge on any atom is -0.493 e. The fraction of sp³-hybridized carbons (Fsp3) is 0.222. The van der Waals surface area contributed by atoms with Crippen LogP contribution < -0.4 is 20.1 Å². The Labute approximate surface area is 144 Å². The fourth-order valence-corrected chi connectivity index (χ4v) is 2.02. The van der Waals surface area contributed by atoms with Gasteiger partial charge in [-0.05, 0) is 36.4 Å². The SMILES string of the molecule is COc1ccccc1OCCNC(=O)CNC(=O)c1ccc(F)cc1. The first kappa shape index (κ1) is 18.3. The molecule has 0 aliphatic heterocycles. The number of rotatable bonds is 8. The Kier molecular flexibility index (Phi) is 6.76. The summed E-state index contributed by atoms with van der Waals surface area (Å²) in [6, 6.07) is 12.3. The molecule has 0 spiro atoms. The van der Waals surface area contributed by atoms with Crippen LogP contribution in [0.1, 0.15) is 10.4 Å². The Hall–Kier alpha value is -3.09. The standard InChI is InChI=1S/C18H19FN2O4/c1-24-15-4-2-3-5-16(15)25-11-10-20-17(22)12-21-18(23)13-6-8-14(19)9-7-13/h2-9H,10-12H2,1H3,(H,20,22)(H,21,23). The van der Waals surface area contributed by atoms with Crippen LogP contribution in [0, 0.1) is 5.82 Å². The molecule has 0 saturated carbocycles. The van der Waals surface area contributed by atoms with E-state index in [2.05, 4.69) is 10.6 Å². The van der Waals surface area contributed by atoms with Gasteiger partial charge in [-0.3, -0.25) is 9.59 Å². The predicted molar refractivity (Wildman–Crippen MR) is 90.2 cm³/mol. The van der Waals surface area contributed by atoms with Gasteiger partial charge in [0.1, 0.15) is 12.4 Å². The lowest BCUT2D eigenvalue weighted by Gasteiger charge is -2.11. The summed E-state index contributed by atoms with van der Waals surface area (Å²) in [4.78, 5) is 23.5. The van der Waals surface area contributed by atoms with E-state index in [0.717, 1.165) is 0 Å². The van der Waals surface area contributed by atoms with E-state index in [0.29, 0.717) is 11.5 Å². The van der Waals surface area contributed by atoms with Crippen LogP contribution in [0.25, 0.3) is 0 Å². The molecule has 0 radical (unpaired) electrons. The smallest absolute Gasteiger partial charge is 0.251 e.